The molecule has 0 atom stereocenters. The van der Waals surface area contributed by atoms with Crippen LogP contribution in [0.5, 0.6) is 0 Å². The monoisotopic (exact) mass is 375 g/mol. The summed E-state index contributed by atoms with van der Waals surface area (Å²) in [6.45, 7) is 8.16. The number of rotatable bonds is 5. The molecule has 26 heavy (non-hydrogen) atoms. The Hall–Kier alpha value is -2.54. The topological polar surface area (TPSA) is 115 Å². The predicted octanol–water partition coefficient (Wildman–Crippen LogP) is 1.54. The van der Waals surface area contributed by atoms with Gasteiger partial charge in [-0.25, -0.2) is 9.97 Å². The van der Waals surface area contributed by atoms with Crippen molar-refractivity contribution in [2.24, 2.45) is 0 Å². The van der Waals surface area contributed by atoms with Crippen molar-refractivity contribution in [1.82, 2.24) is 25.1 Å². The van der Waals surface area contributed by atoms with Crippen molar-refractivity contribution < 1.29 is 9.21 Å². The van der Waals surface area contributed by atoms with E-state index in [0.717, 1.165) is 5.82 Å². The standard InChI is InChI=1S/C16H21N7O2S/c1-10(2)14-19-16(21-20-14)26-9-13(24)22-4-6-23(7-5-22)15-12(8-17)18-11(3)25-15/h10H,4-7,9H2,1-3H3,(H,19,20,21). The number of aromatic amines is 1. The molecule has 1 N–H and O–H groups in total. The number of piperazine rings is 1. The number of carbonyl (C=O) groups is 1. The van der Waals surface area contributed by atoms with Gasteiger partial charge in [0.05, 0.1) is 5.75 Å². The van der Waals surface area contributed by atoms with E-state index >= 15 is 0 Å². The summed E-state index contributed by atoms with van der Waals surface area (Å²) in [6.07, 6.45) is 0. The molecular weight excluding hydrogens is 354 g/mol. The zero-order chi connectivity index (χ0) is 18.7. The van der Waals surface area contributed by atoms with Crippen molar-refractivity contribution in [1.29, 1.82) is 5.26 Å². The number of hydrogen-bond donors (Lipinski definition) is 1. The Morgan fingerprint density at radius 3 is 2.69 bits per heavy atom. The smallest absolute Gasteiger partial charge is 0.234 e. The molecule has 9 nitrogen and oxygen atoms in total. The molecule has 138 valence electrons. The normalized spacial score (nSPS) is 14.7. The molecule has 1 amide bonds. The zero-order valence-electron chi connectivity index (χ0n) is 15.0. The number of amides is 1. The van der Waals surface area contributed by atoms with Crippen LogP contribution in [-0.4, -0.2) is 62.9 Å². The molecule has 0 aliphatic carbocycles. The SMILES string of the molecule is Cc1nc(C#N)c(N2CCN(C(=O)CSc3n[nH]c(C(C)C)n3)CC2)o1. The summed E-state index contributed by atoms with van der Waals surface area (Å²) in [4.78, 5) is 24.6. The van der Waals surface area contributed by atoms with Crippen molar-refractivity contribution in [2.45, 2.75) is 31.8 Å². The molecule has 0 bridgehead atoms. The fraction of sp³-hybridized carbons (Fsp3) is 0.562. The van der Waals surface area contributed by atoms with Gasteiger partial charge in [-0.3, -0.25) is 9.89 Å². The summed E-state index contributed by atoms with van der Waals surface area (Å²) in [5.74, 6) is 2.43. The number of aryl methyl sites for hydroxylation is 1. The Morgan fingerprint density at radius 2 is 2.08 bits per heavy atom. The quantitative estimate of drug-likeness (QED) is 0.783. The van der Waals surface area contributed by atoms with Crippen LogP contribution in [0.15, 0.2) is 9.57 Å². The number of aromatic nitrogens is 4. The van der Waals surface area contributed by atoms with Gasteiger partial charge in [0, 0.05) is 39.0 Å². The lowest BCUT2D eigenvalue weighted by atomic mass is 10.2. The van der Waals surface area contributed by atoms with Gasteiger partial charge in [0.2, 0.25) is 22.6 Å². The first-order valence-electron chi connectivity index (χ1n) is 8.43. The summed E-state index contributed by atoms with van der Waals surface area (Å²) >= 11 is 1.34. The molecule has 3 heterocycles. The molecule has 2 aromatic heterocycles. The maximum Gasteiger partial charge on any atom is 0.234 e. The first kappa shape index (κ1) is 18.3. The first-order valence-corrected chi connectivity index (χ1v) is 9.42. The van der Waals surface area contributed by atoms with E-state index in [0.29, 0.717) is 54.6 Å². The minimum Gasteiger partial charge on any atom is -0.424 e. The minimum absolute atomic E-state index is 0.0554. The number of nitriles is 1. The van der Waals surface area contributed by atoms with Crippen LogP contribution in [0.25, 0.3) is 0 Å². The number of nitrogens with one attached hydrogen (secondary N) is 1. The molecule has 1 saturated heterocycles. The van der Waals surface area contributed by atoms with Crippen LogP contribution in [0.2, 0.25) is 0 Å². The van der Waals surface area contributed by atoms with Gasteiger partial charge >= 0.3 is 0 Å². The third kappa shape index (κ3) is 3.99. The molecule has 0 saturated carbocycles. The summed E-state index contributed by atoms with van der Waals surface area (Å²) < 4.78 is 5.53. The summed E-state index contributed by atoms with van der Waals surface area (Å²) in [5, 5.41) is 16.7. The van der Waals surface area contributed by atoms with Gasteiger partial charge in [-0.05, 0) is 0 Å². The second-order valence-corrected chi connectivity index (χ2v) is 7.26. The summed E-state index contributed by atoms with van der Waals surface area (Å²) in [5.41, 5.74) is 0.295. The highest BCUT2D eigenvalue weighted by Crippen LogP contribution is 2.23. The van der Waals surface area contributed by atoms with E-state index < -0.39 is 0 Å². The molecule has 2 aromatic rings. The summed E-state index contributed by atoms with van der Waals surface area (Å²) in [6, 6.07) is 2.05. The van der Waals surface area contributed by atoms with Gasteiger partial charge in [-0.2, -0.15) is 5.26 Å². The fourth-order valence-corrected chi connectivity index (χ4v) is 3.37. The fourth-order valence-electron chi connectivity index (χ4n) is 2.66. The number of thioether (sulfide) groups is 1. The van der Waals surface area contributed by atoms with Crippen LogP contribution < -0.4 is 4.90 Å². The van der Waals surface area contributed by atoms with Crippen LogP contribution >= 0.6 is 11.8 Å². The number of H-pyrrole nitrogens is 1. The Morgan fingerprint density at radius 1 is 1.35 bits per heavy atom. The van der Waals surface area contributed by atoms with E-state index in [2.05, 4.69) is 20.2 Å². The number of carbonyl (C=O) groups excluding carboxylic acids is 1. The van der Waals surface area contributed by atoms with Crippen LogP contribution in [0, 0.1) is 18.3 Å². The molecule has 0 radical (unpaired) electrons. The molecule has 0 aromatic carbocycles. The lowest BCUT2D eigenvalue weighted by Gasteiger charge is -2.34. The number of nitrogens with zero attached hydrogens (tertiary/aromatic N) is 6. The average molecular weight is 375 g/mol. The van der Waals surface area contributed by atoms with Gasteiger partial charge < -0.3 is 14.2 Å². The Bertz CT molecular complexity index is 815. The highest BCUT2D eigenvalue weighted by Gasteiger charge is 2.26. The van der Waals surface area contributed by atoms with E-state index in [9.17, 15) is 4.79 Å². The number of hydrogen-bond acceptors (Lipinski definition) is 8. The van der Waals surface area contributed by atoms with E-state index in [4.69, 9.17) is 9.68 Å². The van der Waals surface area contributed by atoms with E-state index in [1.165, 1.54) is 11.8 Å². The van der Waals surface area contributed by atoms with Crippen molar-refractivity contribution >= 4 is 23.6 Å². The maximum absolute atomic E-state index is 12.4. The molecule has 0 unspecified atom stereocenters. The van der Waals surface area contributed by atoms with Crippen LogP contribution in [0.4, 0.5) is 5.88 Å². The van der Waals surface area contributed by atoms with Gasteiger partial charge in [-0.15, -0.1) is 5.10 Å². The molecule has 10 heteroatoms. The third-order valence-electron chi connectivity index (χ3n) is 4.10. The van der Waals surface area contributed by atoms with E-state index in [1.54, 1.807) is 6.92 Å². The van der Waals surface area contributed by atoms with Crippen LogP contribution in [0.1, 0.15) is 37.2 Å². The Balaban J connectivity index is 1.51. The molecule has 1 aliphatic rings. The highest BCUT2D eigenvalue weighted by molar-refractivity contribution is 7.99. The number of anilines is 1. The summed E-state index contributed by atoms with van der Waals surface area (Å²) in [7, 11) is 0. The van der Waals surface area contributed by atoms with Crippen molar-refractivity contribution in [3.05, 3.63) is 17.4 Å². The second-order valence-electron chi connectivity index (χ2n) is 6.31. The number of oxazole rings is 1. The minimum atomic E-state index is 0.0554. The van der Waals surface area contributed by atoms with Crippen molar-refractivity contribution in [3.8, 4) is 6.07 Å². The van der Waals surface area contributed by atoms with Crippen LogP contribution in [-0.2, 0) is 4.79 Å². The lowest BCUT2D eigenvalue weighted by molar-refractivity contribution is -0.128. The molecule has 1 aliphatic heterocycles. The zero-order valence-corrected chi connectivity index (χ0v) is 15.8. The molecule has 1 fully saturated rings. The predicted molar refractivity (Wildman–Crippen MR) is 95.9 cm³/mol. The van der Waals surface area contributed by atoms with Gasteiger partial charge in [0.1, 0.15) is 11.9 Å². The first-order chi connectivity index (χ1) is 12.5. The van der Waals surface area contributed by atoms with Gasteiger partial charge in [-0.1, -0.05) is 25.6 Å². The van der Waals surface area contributed by atoms with E-state index in [1.807, 2.05) is 29.7 Å². The largest absolute Gasteiger partial charge is 0.424 e. The second kappa shape index (κ2) is 7.78. The Kier molecular flexibility index (Phi) is 5.46. The molecule has 3 rings (SSSR count). The molecular formula is C16H21N7O2S. The molecule has 0 spiro atoms. The van der Waals surface area contributed by atoms with Crippen molar-refractivity contribution in [3.63, 3.8) is 0 Å². The Labute approximate surface area is 155 Å². The van der Waals surface area contributed by atoms with Crippen molar-refractivity contribution in [2.75, 3.05) is 36.8 Å². The highest BCUT2D eigenvalue weighted by atomic mass is 32.2. The van der Waals surface area contributed by atoms with Gasteiger partial charge in [0.25, 0.3) is 0 Å². The third-order valence-corrected chi connectivity index (χ3v) is 4.93. The van der Waals surface area contributed by atoms with Crippen LogP contribution in [0.3, 0.4) is 0 Å². The lowest BCUT2D eigenvalue weighted by Crippen LogP contribution is -2.49. The maximum atomic E-state index is 12.4. The average Bonchev–Trinajstić information content (AvgIpc) is 3.26. The van der Waals surface area contributed by atoms with E-state index in [-0.39, 0.29) is 11.8 Å². The van der Waals surface area contributed by atoms with Gasteiger partial charge in [0.15, 0.2) is 5.89 Å².